The summed E-state index contributed by atoms with van der Waals surface area (Å²) < 4.78 is 9.42. The molecule has 0 spiro atoms. The SMILES string of the molecule is CC(C)n1c(NCC2CNCCO2)nc2c(C#N)c(Br)c(Br)cc21.Cl. The Kier molecular flexibility index (Phi) is 7.11. The molecule has 3 rings (SSSR count). The Morgan fingerprint density at radius 1 is 1.52 bits per heavy atom. The minimum atomic E-state index is 0. The minimum absolute atomic E-state index is 0. The van der Waals surface area contributed by atoms with E-state index in [1.807, 2.05) is 6.07 Å². The lowest BCUT2D eigenvalue weighted by Crippen LogP contribution is -2.42. The second-order valence-corrected chi connectivity index (χ2v) is 7.65. The molecule has 0 bridgehead atoms. The van der Waals surface area contributed by atoms with Gasteiger partial charge in [0.15, 0.2) is 0 Å². The molecule has 6 nitrogen and oxygen atoms in total. The monoisotopic (exact) mass is 491 g/mol. The van der Waals surface area contributed by atoms with Crippen LogP contribution in [0.25, 0.3) is 11.0 Å². The first kappa shape index (κ1) is 20.5. The molecule has 1 aromatic carbocycles. The lowest BCUT2D eigenvalue weighted by atomic mass is 10.2. The van der Waals surface area contributed by atoms with Crippen LogP contribution in [0.4, 0.5) is 5.95 Å². The Bertz CT molecular complexity index is 796. The largest absolute Gasteiger partial charge is 0.374 e. The van der Waals surface area contributed by atoms with Gasteiger partial charge in [-0.15, -0.1) is 12.4 Å². The molecule has 0 aliphatic carbocycles. The van der Waals surface area contributed by atoms with Crippen LogP contribution in [-0.4, -0.2) is 41.9 Å². The number of aromatic nitrogens is 2. The summed E-state index contributed by atoms with van der Waals surface area (Å²) >= 11 is 6.98. The number of fused-ring (bicyclic) bond motifs is 1. The zero-order chi connectivity index (χ0) is 17.3. The Balaban J connectivity index is 0.00000225. The topological polar surface area (TPSA) is 74.9 Å². The maximum atomic E-state index is 9.51. The molecule has 1 aliphatic rings. The Morgan fingerprint density at radius 2 is 2.28 bits per heavy atom. The number of nitrogens with zero attached hydrogens (tertiary/aromatic N) is 3. The molecule has 9 heteroatoms. The normalized spacial score (nSPS) is 17.4. The average Bonchev–Trinajstić information content (AvgIpc) is 2.93. The van der Waals surface area contributed by atoms with Gasteiger partial charge in [0.1, 0.15) is 11.6 Å². The first-order valence-corrected chi connectivity index (χ1v) is 9.47. The summed E-state index contributed by atoms with van der Waals surface area (Å²) in [7, 11) is 0. The fourth-order valence-electron chi connectivity index (χ4n) is 2.88. The fourth-order valence-corrected chi connectivity index (χ4v) is 3.69. The molecule has 1 atom stereocenters. The van der Waals surface area contributed by atoms with Crippen molar-refractivity contribution in [2.45, 2.75) is 26.0 Å². The molecule has 2 aromatic rings. The summed E-state index contributed by atoms with van der Waals surface area (Å²) in [5, 5.41) is 16.2. The van der Waals surface area contributed by atoms with Gasteiger partial charge in [0.2, 0.25) is 5.95 Å². The van der Waals surface area contributed by atoms with Gasteiger partial charge < -0.3 is 19.9 Å². The third kappa shape index (κ3) is 4.12. The highest BCUT2D eigenvalue weighted by Gasteiger charge is 2.21. The van der Waals surface area contributed by atoms with Crippen molar-refractivity contribution in [2.24, 2.45) is 0 Å². The lowest BCUT2D eigenvalue weighted by molar-refractivity contribution is 0.0371. The average molecular weight is 494 g/mol. The number of anilines is 1. The van der Waals surface area contributed by atoms with Crippen LogP contribution in [0.5, 0.6) is 0 Å². The number of benzene rings is 1. The zero-order valence-corrected chi connectivity index (χ0v) is 18.0. The quantitative estimate of drug-likeness (QED) is 0.677. The number of halogens is 3. The molecule has 0 amide bonds. The molecule has 0 saturated carbocycles. The van der Waals surface area contributed by atoms with E-state index in [9.17, 15) is 5.26 Å². The molecule has 1 unspecified atom stereocenters. The van der Waals surface area contributed by atoms with Gasteiger partial charge in [-0.3, -0.25) is 0 Å². The summed E-state index contributed by atoms with van der Waals surface area (Å²) in [6, 6.07) is 4.46. The van der Waals surface area contributed by atoms with Crippen molar-refractivity contribution in [3.63, 3.8) is 0 Å². The maximum absolute atomic E-state index is 9.51. The highest BCUT2D eigenvalue weighted by atomic mass is 79.9. The van der Waals surface area contributed by atoms with Gasteiger partial charge >= 0.3 is 0 Å². The van der Waals surface area contributed by atoms with Crippen LogP contribution in [-0.2, 0) is 4.74 Å². The number of rotatable bonds is 4. The number of hydrogen-bond donors (Lipinski definition) is 2. The van der Waals surface area contributed by atoms with E-state index in [-0.39, 0.29) is 24.6 Å². The van der Waals surface area contributed by atoms with Crippen LogP contribution in [0.15, 0.2) is 15.0 Å². The second-order valence-electron chi connectivity index (χ2n) is 6.00. The van der Waals surface area contributed by atoms with E-state index >= 15 is 0 Å². The third-order valence-electron chi connectivity index (χ3n) is 4.00. The van der Waals surface area contributed by atoms with E-state index in [2.05, 4.69) is 67.0 Å². The Hall–Kier alpha value is -0.850. The van der Waals surface area contributed by atoms with Crippen LogP contribution in [0, 0.1) is 11.3 Å². The van der Waals surface area contributed by atoms with Gasteiger partial charge in [-0.1, -0.05) is 0 Å². The molecule has 1 aromatic heterocycles. The molecule has 1 aliphatic heterocycles. The van der Waals surface area contributed by atoms with Crippen LogP contribution in [0.3, 0.4) is 0 Å². The van der Waals surface area contributed by atoms with E-state index < -0.39 is 0 Å². The van der Waals surface area contributed by atoms with Gasteiger partial charge in [0.25, 0.3) is 0 Å². The highest BCUT2D eigenvalue weighted by molar-refractivity contribution is 9.13. The van der Waals surface area contributed by atoms with Crippen molar-refractivity contribution in [3.8, 4) is 6.07 Å². The van der Waals surface area contributed by atoms with Crippen LogP contribution in [0.1, 0.15) is 25.5 Å². The van der Waals surface area contributed by atoms with Crippen molar-refractivity contribution in [3.05, 3.63) is 20.6 Å². The molecule has 2 N–H and O–H groups in total. The summed E-state index contributed by atoms with van der Waals surface area (Å²) in [5.74, 6) is 0.760. The van der Waals surface area contributed by atoms with Crippen molar-refractivity contribution in [2.75, 3.05) is 31.6 Å². The Morgan fingerprint density at radius 3 is 2.88 bits per heavy atom. The van der Waals surface area contributed by atoms with Crippen molar-refractivity contribution < 1.29 is 4.74 Å². The number of ether oxygens (including phenoxy) is 1. The second kappa shape index (κ2) is 8.69. The predicted octanol–water partition coefficient (Wildman–Crippen LogP) is 3.84. The summed E-state index contributed by atoms with van der Waals surface area (Å²) in [5.41, 5.74) is 2.17. The third-order valence-corrected chi connectivity index (χ3v) is 5.98. The number of nitrogens with one attached hydrogen (secondary N) is 2. The maximum Gasteiger partial charge on any atom is 0.204 e. The van der Waals surface area contributed by atoms with E-state index in [1.165, 1.54) is 0 Å². The summed E-state index contributed by atoms with van der Waals surface area (Å²) in [4.78, 5) is 4.69. The summed E-state index contributed by atoms with van der Waals surface area (Å²) in [6.07, 6.45) is 0.119. The van der Waals surface area contributed by atoms with Crippen molar-refractivity contribution in [1.82, 2.24) is 14.9 Å². The molecule has 136 valence electrons. The van der Waals surface area contributed by atoms with Gasteiger partial charge in [-0.2, -0.15) is 5.26 Å². The van der Waals surface area contributed by atoms with Crippen LogP contribution >= 0.6 is 44.3 Å². The van der Waals surface area contributed by atoms with Gasteiger partial charge in [0.05, 0.1) is 28.3 Å². The van der Waals surface area contributed by atoms with Gasteiger partial charge in [-0.05, 0) is 51.8 Å². The fraction of sp³-hybridized carbons (Fsp3) is 0.500. The highest BCUT2D eigenvalue weighted by Crippen LogP contribution is 2.35. The molecule has 1 saturated heterocycles. The molecule has 2 heterocycles. The molecular formula is C16H20Br2ClN5O. The molecule has 25 heavy (non-hydrogen) atoms. The number of morpholine rings is 1. The molecule has 1 fully saturated rings. The standard InChI is InChI=1S/C16H19Br2N5O.ClH/c1-9(2)23-13-5-12(17)14(18)11(6-19)15(13)22-16(23)21-8-10-7-20-3-4-24-10;/h5,9-10,20H,3-4,7-8H2,1-2H3,(H,21,22);1H. The van der Waals surface area contributed by atoms with E-state index in [1.54, 1.807) is 0 Å². The minimum Gasteiger partial charge on any atom is -0.374 e. The number of nitriles is 1. The van der Waals surface area contributed by atoms with Gasteiger partial charge in [0, 0.05) is 30.1 Å². The number of hydrogen-bond acceptors (Lipinski definition) is 5. The van der Waals surface area contributed by atoms with E-state index in [0.717, 1.165) is 40.1 Å². The van der Waals surface area contributed by atoms with E-state index in [4.69, 9.17) is 9.72 Å². The Labute approximate surface area is 170 Å². The van der Waals surface area contributed by atoms with Gasteiger partial charge in [-0.25, -0.2) is 4.98 Å². The van der Waals surface area contributed by atoms with Crippen molar-refractivity contribution >= 4 is 61.2 Å². The summed E-state index contributed by atoms with van der Waals surface area (Å²) in [6.45, 7) is 7.34. The number of imidazole rings is 1. The van der Waals surface area contributed by atoms with Crippen LogP contribution in [0.2, 0.25) is 0 Å². The smallest absolute Gasteiger partial charge is 0.204 e. The van der Waals surface area contributed by atoms with Crippen molar-refractivity contribution in [1.29, 1.82) is 5.26 Å². The molecular weight excluding hydrogens is 473 g/mol. The first-order valence-electron chi connectivity index (χ1n) is 7.89. The first-order chi connectivity index (χ1) is 11.5. The predicted molar refractivity (Wildman–Crippen MR) is 109 cm³/mol. The van der Waals surface area contributed by atoms with E-state index in [0.29, 0.717) is 17.6 Å². The zero-order valence-electron chi connectivity index (χ0n) is 14.0. The van der Waals surface area contributed by atoms with Crippen LogP contribution < -0.4 is 10.6 Å². The lowest BCUT2D eigenvalue weighted by Gasteiger charge is -2.24. The molecule has 0 radical (unpaired) electrons.